The van der Waals surface area contributed by atoms with Crippen molar-refractivity contribution >= 4 is 20.0 Å². The Labute approximate surface area is 140 Å². The fourth-order valence-electron chi connectivity index (χ4n) is 2.77. The lowest BCUT2D eigenvalue weighted by molar-refractivity contribution is 0.492. The zero-order chi connectivity index (χ0) is 17.3. The summed E-state index contributed by atoms with van der Waals surface area (Å²) in [5.41, 5.74) is 6.46. The van der Waals surface area contributed by atoms with E-state index in [1.165, 1.54) is 5.57 Å². The molecule has 23 heavy (non-hydrogen) atoms. The number of furan rings is 2. The molecule has 2 rings (SSSR count). The molecule has 0 unspecified atom stereocenters. The van der Waals surface area contributed by atoms with Crippen molar-refractivity contribution in [2.24, 2.45) is 0 Å². The van der Waals surface area contributed by atoms with Gasteiger partial charge in [-0.25, -0.2) is 0 Å². The average Bonchev–Trinajstić information content (AvgIpc) is 2.91. The van der Waals surface area contributed by atoms with Crippen LogP contribution in [-0.4, -0.2) is 7.85 Å². The molecule has 0 saturated carbocycles. The van der Waals surface area contributed by atoms with Gasteiger partial charge in [-0.3, -0.25) is 0 Å². The van der Waals surface area contributed by atoms with Crippen molar-refractivity contribution in [1.29, 1.82) is 0 Å². The standard InChI is InChI=1S/C20H25BO2/c1-8-11(2)9-17-13(4)19(22-15(17)6)20-14(5)18(10-12(3)21)16(7)23-20/h9-10H,8H2,1-7H3/b11-9+,12-10+. The van der Waals surface area contributed by atoms with Crippen molar-refractivity contribution < 1.29 is 8.83 Å². The molecule has 0 saturated heterocycles. The van der Waals surface area contributed by atoms with Gasteiger partial charge in [-0.2, -0.15) is 0 Å². The van der Waals surface area contributed by atoms with E-state index in [0.29, 0.717) is 0 Å². The van der Waals surface area contributed by atoms with E-state index in [0.717, 1.165) is 57.2 Å². The molecule has 0 aliphatic carbocycles. The second-order valence-corrected chi connectivity index (χ2v) is 6.28. The summed E-state index contributed by atoms with van der Waals surface area (Å²) in [5, 5.41) is 0. The molecule has 0 aromatic carbocycles. The molecule has 2 aromatic rings. The van der Waals surface area contributed by atoms with Crippen molar-refractivity contribution in [3.63, 3.8) is 0 Å². The second-order valence-electron chi connectivity index (χ2n) is 6.28. The molecular formula is C20H25BO2. The van der Waals surface area contributed by atoms with Gasteiger partial charge in [-0.1, -0.05) is 31.6 Å². The van der Waals surface area contributed by atoms with Gasteiger partial charge in [0.15, 0.2) is 11.5 Å². The summed E-state index contributed by atoms with van der Waals surface area (Å²) in [6.07, 6.45) is 5.18. The Hall–Kier alpha value is -1.90. The molecule has 2 nitrogen and oxygen atoms in total. The fraction of sp³-hybridized carbons (Fsp3) is 0.400. The highest BCUT2D eigenvalue weighted by Gasteiger charge is 2.21. The van der Waals surface area contributed by atoms with Crippen LogP contribution in [-0.2, 0) is 0 Å². The van der Waals surface area contributed by atoms with E-state index in [1.54, 1.807) is 0 Å². The van der Waals surface area contributed by atoms with Crippen LogP contribution in [0.15, 0.2) is 19.9 Å². The van der Waals surface area contributed by atoms with Crippen LogP contribution in [0.1, 0.15) is 61.0 Å². The van der Waals surface area contributed by atoms with E-state index in [4.69, 9.17) is 16.7 Å². The van der Waals surface area contributed by atoms with Gasteiger partial charge < -0.3 is 8.83 Å². The van der Waals surface area contributed by atoms with Gasteiger partial charge in [0.25, 0.3) is 0 Å². The summed E-state index contributed by atoms with van der Waals surface area (Å²) >= 11 is 0. The first kappa shape index (κ1) is 17.5. The Kier molecular flexibility index (Phi) is 5.08. The average molecular weight is 308 g/mol. The second kappa shape index (κ2) is 6.70. The third-order valence-corrected chi connectivity index (χ3v) is 4.28. The van der Waals surface area contributed by atoms with Crippen molar-refractivity contribution in [3.05, 3.63) is 44.8 Å². The van der Waals surface area contributed by atoms with E-state index in [2.05, 4.69) is 26.8 Å². The minimum absolute atomic E-state index is 0.762. The highest BCUT2D eigenvalue weighted by atomic mass is 16.4. The molecule has 2 radical (unpaired) electrons. The van der Waals surface area contributed by atoms with Crippen LogP contribution in [0.2, 0.25) is 0 Å². The monoisotopic (exact) mass is 308 g/mol. The van der Waals surface area contributed by atoms with Crippen LogP contribution in [0.3, 0.4) is 0 Å². The lowest BCUT2D eigenvalue weighted by atomic mass is 9.94. The molecule has 0 fully saturated rings. The van der Waals surface area contributed by atoms with Gasteiger partial charge in [0, 0.05) is 22.3 Å². The Bertz CT molecular complexity index is 781. The van der Waals surface area contributed by atoms with E-state index in [1.807, 2.05) is 33.8 Å². The van der Waals surface area contributed by atoms with Gasteiger partial charge in [-0.05, 0) is 41.0 Å². The quantitative estimate of drug-likeness (QED) is 0.636. The molecule has 0 spiro atoms. The lowest BCUT2D eigenvalue weighted by Gasteiger charge is -1.98. The molecule has 0 N–H and O–H groups in total. The zero-order valence-electron chi connectivity index (χ0n) is 15.3. The van der Waals surface area contributed by atoms with Crippen molar-refractivity contribution in [2.45, 2.75) is 54.9 Å². The minimum atomic E-state index is 0.762. The van der Waals surface area contributed by atoms with Crippen molar-refractivity contribution in [1.82, 2.24) is 0 Å². The number of allylic oxidation sites excluding steroid dienone is 2. The van der Waals surface area contributed by atoms with Crippen LogP contribution in [0, 0.1) is 27.7 Å². The first-order valence-corrected chi connectivity index (χ1v) is 8.07. The predicted octanol–water partition coefficient (Wildman–Crippen LogP) is 6.12. The molecule has 0 amide bonds. The summed E-state index contributed by atoms with van der Waals surface area (Å²) in [4.78, 5) is 0. The van der Waals surface area contributed by atoms with Crippen LogP contribution in [0.4, 0.5) is 0 Å². The van der Waals surface area contributed by atoms with Crippen LogP contribution in [0.25, 0.3) is 23.7 Å². The maximum Gasteiger partial charge on any atom is 0.173 e. The van der Waals surface area contributed by atoms with E-state index in [9.17, 15) is 0 Å². The topological polar surface area (TPSA) is 26.3 Å². The summed E-state index contributed by atoms with van der Waals surface area (Å²) in [7, 11) is 5.83. The number of aryl methyl sites for hydroxylation is 2. The molecule has 120 valence electrons. The number of hydrogen-bond donors (Lipinski definition) is 0. The molecule has 0 aliphatic heterocycles. The van der Waals surface area contributed by atoms with Gasteiger partial charge in [-0.15, -0.1) is 5.47 Å². The molecule has 0 atom stereocenters. The maximum atomic E-state index is 6.04. The van der Waals surface area contributed by atoms with Gasteiger partial charge >= 0.3 is 0 Å². The summed E-state index contributed by atoms with van der Waals surface area (Å²) < 4.78 is 12.0. The lowest BCUT2D eigenvalue weighted by Crippen LogP contribution is -1.83. The largest absolute Gasteiger partial charge is 0.457 e. The van der Waals surface area contributed by atoms with Crippen LogP contribution < -0.4 is 0 Å². The van der Waals surface area contributed by atoms with Crippen molar-refractivity contribution in [3.8, 4) is 11.5 Å². The minimum Gasteiger partial charge on any atom is -0.457 e. The van der Waals surface area contributed by atoms with Crippen molar-refractivity contribution in [2.75, 3.05) is 0 Å². The predicted molar refractivity (Wildman–Crippen MR) is 98.7 cm³/mol. The van der Waals surface area contributed by atoms with Gasteiger partial charge in [0.2, 0.25) is 0 Å². The molecule has 0 aliphatic rings. The highest BCUT2D eigenvalue weighted by molar-refractivity contribution is 6.23. The first-order chi connectivity index (χ1) is 10.8. The normalized spacial score (nSPS) is 13.0. The van der Waals surface area contributed by atoms with Crippen LogP contribution in [0.5, 0.6) is 0 Å². The summed E-state index contributed by atoms with van der Waals surface area (Å²) in [6.45, 7) is 14.3. The Morgan fingerprint density at radius 2 is 1.30 bits per heavy atom. The number of rotatable bonds is 4. The van der Waals surface area contributed by atoms with Gasteiger partial charge in [0.05, 0.1) is 0 Å². The Morgan fingerprint density at radius 3 is 1.70 bits per heavy atom. The van der Waals surface area contributed by atoms with E-state index < -0.39 is 0 Å². The molecule has 2 heterocycles. The van der Waals surface area contributed by atoms with E-state index in [-0.39, 0.29) is 0 Å². The Balaban J connectivity index is 2.61. The summed E-state index contributed by atoms with van der Waals surface area (Å²) in [5.74, 6) is 3.39. The molecule has 2 aromatic heterocycles. The van der Waals surface area contributed by atoms with Gasteiger partial charge in [0.1, 0.15) is 19.4 Å². The zero-order valence-corrected chi connectivity index (χ0v) is 15.3. The van der Waals surface area contributed by atoms with Crippen LogP contribution >= 0.6 is 0 Å². The molecule has 0 bridgehead atoms. The number of hydrogen-bond acceptors (Lipinski definition) is 2. The van der Waals surface area contributed by atoms with E-state index >= 15 is 0 Å². The SMILES string of the molecule is [B]/C(C)=C/c1c(C)oc(-c2oc(C)c(/C=C(\C)CC)c2C)c1C. The highest BCUT2D eigenvalue weighted by Crippen LogP contribution is 2.38. The Morgan fingerprint density at radius 1 is 0.870 bits per heavy atom. The summed E-state index contributed by atoms with van der Waals surface area (Å²) in [6, 6.07) is 0. The maximum absolute atomic E-state index is 6.04. The third kappa shape index (κ3) is 3.39. The first-order valence-electron chi connectivity index (χ1n) is 8.07. The third-order valence-electron chi connectivity index (χ3n) is 4.28. The molecule has 3 heteroatoms. The smallest absolute Gasteiger partial charge is 0.173 e. The molecular weight excluding hydrogens is 283 g/mol. The fourth-order valence-corrected chi connectivity index (χ4v) is 2.77.